The van der Waals surface area contributed by atoms with Crippen LogP contribution in [-0.2, 0) is 21.3 Å². The van der Waals surface area contributed by atoms with Gasteiger partial charge in [-0.3, -0.25) is 0 Å². The fourth-order valence-electron chi connectivity index (χ4n) is 4.11. The van der Waals surface area contributed by atoms with Crippen LogP contribution in [0.1, 0.15) is 80.3 Å². The van der Waals surface area contributed by atoms with Crippen LogP contribution in [0.5, 0.6) is 5.75 Å². The molecule has 2 aromatic rings. The second-order valence-electron chi connectivity index (χ2n) is 8.96. The zero-order chi connectivity index (χ0) is 22.4. The maximum Gasteiger partial charge on any atom is 0.337 e. The molecule has 168 valence electrons. The normalized spacial score (nSPS) is 18.2. The summed E-state index contributed by atoms with van der Waals surface area (Å²) in [6, 6.07) is 13.6. The van der Waals surface area contributed by atoms with Crippen molar-refractivity contribution < 1.29 is 18.8 Å². The molecule has 0 saturated heterocycles. The number of carbonyl (C=O) groups is 1. The number of fused-ring (bicyclic) bond motifs is 1. The van der Waals surface area contributed by atoms with Gasteiger partial charge < -0.3 is 14.0 Å². The molecule has 3 rings (SSSR count). The minimum absolute atomic E-state index is 0.0395. The molecule has 0 aromatic heterocycles. The van der Waals surface area contributed by atoms with Crippen LogP contribution >= 0.6 is 0 Å². The first-order valence-electron chi connectivity index (χ1n) is 11.2. The van der Waals surface area contributed by atoms with Crippen molar-refractivity contribution in [3.05, 3.63) is 59.2 Å². The van der Waals surface area contributed by atoms with E-state index in [1.54, 1.807) is 12.1 Å². The zero-order valence-electron chi connectivity index (χ0n) is 19.1. The first-order valence-corrected chi connectivity index (χ1v) is 12.5. The third kappa shape index (κ3) is 5.83. The van der Waals surface area contributed by atoms with Crippen molar-refractivity contribution in [2.75, 3.05) is 19.5 Å². The van der Waals surface area contributed by atoms with E-state index in [9.17, 15) is 9.35 Å². The molecule has 0 fully saturated rings. The SMILES string of the molecule is CCCCCC(COc1ccc(C(=O)OC)cc1)c1ccc2c(c1)C(C)(C)CC[S+]2[O-]. The minimum atomic E-state index is -0.900. The fraction of sp³-hybridized carbons (Fsp3) is 0.500. The lowest BCUT2D eigenvalue weighted by Gasteiger charge is -2.33. The molecule has 2 unspecified atom stereocenters. The summed E-state index contributed by atoms with van der Waals surface area (Å²) in [5.74, 6) is 1.40. The van der Waals surface area contributed by atoms with E-state index in [1.165, 1.54) is 31.1 Å². The quantitative estimate of drug-likeness (QED) is 0.271. The Hall–Kier alpha value is -1.98. The van der Waals surface area contributed by atoms with Gasteiger partial charge in [-0.05, 0) is 65.0 Å². The van der Waals surface area contributed by atoms with E-state index in [1.807, 2.05) is 12.1 Å². The Morgan fingerprint density at radius 3 is 2.58 bits per heavy atom. The standard InChI is InChI=1S/C26H34O4S/c1-5-6-7-8-21(18-30-22-12-9-19(10-13-22)25(27)29-4)20-11-14-24-23(17-20)26(2,3)15-16-31(24)28/h9-14,17,21H,5-8,15-16,18H2,1-4H3. The Bertz CT molecular complexity index is 875. The van der Waals surface area contributed by atoms with Crippen LogP contribution in [-0.4, -0.2) is 30.0 Å². The van der Waals surface area contributed by atoms with Gasteiger partial charge in [0.25, 0.3) is 0 Å². The molecule has 31 heavy (non-hydrogen) atoms. The van der Waals surface area contributed by atoms with Crippen LogP contribution in [0.15, 0.2) is 47.4 Å². The molecule has 1 aliphatic rings. The topological polar surface area (TPSA) is 58.6 Å². The van der Waals surface area contributed by atoms with Gasteiger partial charge in [0.2, 0.25) is 0 Å². The molecule has 0 spiro atoms. The summed E-state index contributed by atoms with van der Waals surface area (Å²) >= 11 is -0.900. The third-order valence-electron chi connectivity index (χ3n) is 6.24. The molecule has 2 aromatic carbocycles. The second-order valence-corrected chi connectivity index (χ2v) is 10.5. The van der Waals surface area contributed by atoms with E-state index in [0.717, 1.165) is 35.7 Å². The summed E-state index contributed by atoms with van der Waals surface area (Å²) in [5.41, 5.74) is 3.03. The molecular weight excluding hydrogens is 408 g/mol. The van der Waals surface area contributed by atoms with Crippen LogP contribution in [0.3, 0.4) is 0 Å². The molecule has 2 atom stereocenters. The number of hydrogen-bond acceptors (Lipinski definition) is 4. The molecular formula is C26H34O4S. The molecule has 1 aliphatic heterocycles. The maximum absolute atomic E-state index is 12.5. The van der Waals surface area contributed by atoms with Gasteiger partial charge in [0, 0.05) is 17.9 Å². The number of carbonyl (C=O) groups excluding carboxylic acids is 1. The minimum Gasteiger partial charge on any atom is -0.611 e. The Morgan fingerprint density at radius 1 is 1.16 bits per heavy atom. The number of esters is 1. The summed E-state index contributed by atoms with van der Waals surface area (Å²) in [6.45, 7) is 7.28. The highest BCUT2D eigenvalue weighted by atomic mass is 32.2. The molecule has 0 aliphatic carbocycles. The van der Waals surface area contributed by atoms with Crippen molar-refractivity contribution >= 4 is 17.1 Å². The monoisotopic (exact) mass is 442 g/mol. The summed E-state index contributed by atoms with van der Waals surface area (Å²) in [4.78, 5) is 12.6. The van der Waals surface area contributed by atoms with E-state index < -0.39 is 11.2 Å². The summed E-state index contributed by atoms with van der Waals surface area (Å²) in [6.07, 6.45) is 5.53. The van der Waals surface area contributed by atoms with Crippen LogP contribution < -0.4 is 4.74 Å². The van der Waals surface area contributed by atoms with Gasteiger partial charge in [-0.15, -0.1) is 0 Å². The molecule has 0 bridgehead atoms. The highest BCUT2D eigenvalue weighted by molar-refractivity contribution is 7.91. The number of methoxy groups -OCH3 is 1. The predicted octanol–water partition coefficient (Wildman–Crippen LogP) is 6.01. The lowest BCUT2D eigenvalue weighted by atomic mass is 9.79. The van der Waals surface area contributed by atoms with Crippen molar-refractivity contribution in [3.63, 3.8) is 0 Å². The lowest BCUT2D eigenvalue weighted by molar-refractivity contribution is 0.0600. The summed E-state index contributed by atoms with van der Waals surface area (Å²) < 4.78 is 23.4. The lowest BCUT2D eigenvalue weighted by Crippen LogP contribution is -2.30. The third-order valence-corrected chi connectivity index (χ3v) is 7.67. The molecule has 1 heterocycles. The van der Waals surface area contributed by atoms with Gasteiger partial charge in [0.1, 0.15) is 11.5 Å². The molecule has 0 radical (unpaired) electrons. The van der Waals surface area contributed by atoms with Crippen molar-refractivity contribution in [2.45, 2.75) is 69.1 Å². The molecule has 0 amide bonds. The molecule has 5 heteroatoms. The van der Waals surface area contributed by atoms with Crippen LogP contribution in [0, 0.1) is 0 Å². The number of rotatable bonds is 9. The van der Waals surface area contributed by atoms with Gasteiger partial charge in [0.05, 0.1) is 19.3 Å². The Morgan fingerprint density at radius 2 is 1.90 bits per heavy atom. The van der Waals surface area contributed by atoms with Crippen molar-refractivity contribution in [1.29, 1.82) is 0 Å². The number of unbranched alkanes of at least 4 members (excludes halogenated alkanes) is 2. The second kappa shape index (κ2) is 10.6. The number of hydrogen-bond donors (Lipinski definition) is 0. The van der Waals surface area contributed by atoms with Crippen LogP contribution in [0.25, 0.3) is 0 Å². The predicted molar refractivity (Wildman–Crippen MR) is 126 cm³/mol. The number of benzene rings is 2. The average molecular weight is 443 g/mol. The van der Waals surface area contributed by atoms with Crippen LogP contribution in [0.2, 0.25) is 0 Å². The van der Waals surface area contributed by atoms with Crippen molar-refractivity contribution in [3.8, 4) is 5.75 Å². The van der Waals surface area contributed by atoms with E-state index in [4.69, 9.17) is 9.47 Å². The summed E-state index contributed by atoms with van der Waals surface area (Å²) in [5, 5.41) is 0. The van der Waals surface area contributed by atoms with Gasteiger partial charge in [-0.1, -0.05) is 46.1 Å². The molecule has 0 N–H and O–H groups in total. The zero-order valence-corrected chi connectivity index (χ0v) is 19.9. The highest BCUT2D eigenvalue weighted by Crippen LogP contribution is 2.40. The average Bonchev–Trinajstić information content (AvgIpc) is 2.78. The van der Waals surface area contributed by atoms with Crippen molar-refractivity contribution in [2.24, 2.45) is 0 Å². The van der Waals surface area contributed by atoms with E-state index in [0.29, 0.717) is 12.2 Å². The van der Waals surface area contributed by atoms with E-state index in [2.05, 4.69) is 39.0 Å². The number of ether oxygens (including phenoxy) is 2. The fourth-order valence-corrected chi connectivity index (χ4v) is 5.83. The highest BCUT2D eigenvalue weighted by Gasteiger charge is 2.35. The van der Waals surface area contributed by atoms with Crippen molar-refractivity contribution in [1.82, 2.24) is 0 Å². The van der Waals surface area contributed by atoms with Crippen LogP contribution in [0.4, 0.5) is 0 Å². The Balaban J connectivity index is 1.78. The van der Waals surface area contributed by atoms with E-state index in [-0.39, 0.29) is 17.3 Å². The molecule has 0 saturated carbocycles. The summed E-state index contributed by atoms with van der Waals surface area (Å²) in [7, 11) is 1.38. The van der Waals surface area contributed by atoms with Gasteiger partial charge in [0.15, 0.2) is 4.90 Å². The Labute approximate surface area is 189 Å². The molecule has 4 nitrogen and oxygen atoms in total. The van der Waals surface area contributed by atoms with E-state index >= 15 is 0 Å². The largest absolute Gasteiger partial charge is 0.611 e. The smallest absolute Gasteiger partial charge is 0.337 e. The van der Waals surface area contributed by atoms with Gasteiger partial charge >= 0.3 is 5.97 Å². The maximum atomic E-state index is 12.5. The van der Waals surface area contributed by atoms with Gasteiger partial charge in [-0.25, -0.2) is 4.79 Å². The Kier molecular flexibility index (Phi) is 8.06. The van der Waals surface area contributed by atoms with Gasteiger partial charge in [-0.2, -0.15) is 0 Å². The first kappa shape index (κ1) is 23.7. The first-order chi connectivity index (χ1) is 14.9.